The molecule has 1 atom stereocenters. The van der Waals surface area contributed by atoms with E-state index in [4.69, 9.17) is 0 Å². The summed E-state index contributed by atoms with van der Waals surface area (Å²) in [4.78, 5) is 3.91. The molecule has 0 amide bonds. The van der Waals surface area contributed by atoms with Crippen molar-refractivity contribution in [2.24, 2.45) is 0 Å². The molecule has 2 nitrogen and oxygen atoms in total. The minimum atomic E-state index is 0.579. The van der Waals surface area contributed by atoms with Gasteiger partial charge in [-0.05, 0) is 13.3 Å². The summed E-state index contributed by atoms with van der Waals surface area (Å²) in [7, 11) is 0. The zero-order chi connectivity index (χ0) is 8.81. The smallest absolute Gasteiger partial charge is 0.108 e. The molecule has 0 saturated carbocycles. The molecule has 1 heterocycles. The van der Waals surface area contributed by atoms with E-state index in [1.54, 1.807) is 0 Å². The third kappa shape index (κ3) is 2.68. The molecule has 0 aliphatic carbocycles. The molecule has 1 aromatic heterocycles. The van der Waals surface area contributed by atoms with Crippen molar-refractivity contribution in [1.29, 1.82) is 0 Å². The van der Waals surface area contributed by atoms with Gasteiger partial charge in [0.2, 0.25) is 0 Å². The van der Waals surface area contributed by atoms with E-state index in [9.17, 15) is 0 Å². The van der Waals surface area contributed by atoms with Gasteiger partial charge in [0.15, 0.2) is 0 Å². The molecule has 0 aromatic carbocycles. The third-order valence-electron chi connectivity index (χ3n) is 2.21. The van der Waals surface area contributed by atoms with Crippen molar-refractivity contribution in [3.63, 3.8) is 0 Å². The monoisotopic (exact) mass is 165 g/mol. The molecule has 0 spiro atoms. The maximum atomic E-state index is 3.91. The topological polar surface area (TPSA) is 17.8 Å². The van der Waals surface area contributed by atoms with E-state index in [-0.39, 0.29) is 0 Å². The first-order chi connectivity index (χ1) is 5.84. The number of nitrogens with zero attached hydrogens (tertiary/aromatic N) is 2. The lowest BCUT2D eigenvalue weighted by Crippen LogP contribution is -2.01. The molecule has 1 aromatic rings. The quantitative estimate of drug-likeness (QED) is 0.613. The highest BCUT2D eigenvalue weighted by Gasteiger charge is 2.01. The number of hydrogen-bond donors (Lipinski definition) is 0. The highest BCUT2D eigenvalue weighted by atomic mass is 15.0. The van der Waals surface area contributed by atoms with Gasteiger partial charge in [-0.3, -0.25) is 0 Å². The normalized spacial score (nSPS) is 13.2. The fourth-order valence-electron chi connectivity index (χ4n) is 1.31. The lowest BCUT2D eigenvalue weighted by molar-refractivity contribution is 0.477. The van der Waals surface area contributed by atoms with Gasteiger partial charge in [-0.1, -0.05) is 26.2 Å². The molecule has 1 unspecified atom stereocenters. The fourth-order valence-corrected chi connectivity index (χ4v) is 1.31. The molecular formula is C10H17N2. The van der Waals surface area contributed by atoms with Gasteiger partial charge in [0.25, 0.3) is 0 Å². The molecular weight excluding hydrogens is 148 g/mol. The van der Waals surface area contributed by atoms with Crippen LogP contribution in [0.1, 0.15) is 45.6 Å². The number of unbranched alkanes of at least 4 members (excludes halogenated alkanes) is 2. The molecule has 1 radical (unpaired) electrons. The average molecular weight is 165 g/mol. The van der Waals surface area contributed by atoms with E-state index in [0.717, 1.165) is 0 Å². The van der Waals surface area contributed by atoms with E-state index in [0.29, 0.717) is 6.04 Å². The van der Waals surface area contributed by atoms with E-state index >= 15 is 0 Å². The summed E-state index contributed by atoms with van der Waals surface area (Å²) in [5.74, 6) is 0. The highest BCUT2D eigenvalue weighted by molar-refractivity contribution is 4.76. The second kappa shape index (κ2) is 4.96. The predicted octanol–water partition coefficient (Wildman–Crippen LogP) is 2.82. The Hall–Kier alpha value is -0.790. The Morgan fingerprint density at radius 1 is 1.50 bits per heavy atom. The SMILES string of the molecule is CCCCCC(C)n1c[c]nc1. The Bertz CT molecular complexity index is 192. The van der Waals surface area contributed by atoms with Crippen molar-refractivity contribution in [3.8, 4) is 0 Å². The standard InChI is InChI=1S/C10H17N2/c1-3-4-5-6-10(2)12-8-7-11-9-12/h8-10H,3-6H2,1-2H3. The molecule has 0 fully saturated rings. The van der Waals surface area contributed by atoms with Crippen molar-refractivity contribution in [2.75, 3.05) is 0 Å². The molecule has 12 heavy (non-hydrogen) atoms. The van der Waals surface area contributed by atoms with E-state index in [1.165, 1.54) is 25.7 Å². The van der Waals surface area contributed by atoms with Crippen LogP contribution in [0.5, 0.6) is 0 Å². The fraction of sp³-hybridized carbons (Fsp3) is 0.700. The molecule has 2 heteroatoms. The van der Waals surface area contributed by atoms with Gasteiger partial charge in [-0.15, -0.1) is 0 Å². The first kappa shape index (κ1) is 9.30. The van der Waals surface area contributed by atoms with Crippen LogP contribution in [-0.4, -0.2) is 9.55 Å². The van der Waals surface area contributed by atoms with Crippen LogP contribution >= 0.6 is 0 Å². The number of imidazole rings is 1. The van der Waals surface area contributed by atoms with Gasteiger partial charge in [0.05, 0.1) is 6.33 Å². The zero-order valence-electron chi connectivity index (χ0n) is 7.95. The maximum absolute atomic E-state index is 3.91. The van der Waals surface area contributed by atoms with Crippen LogP contribution in [0, 0.1) is 6.20 Å². The van der Waals surface area contributed by atoms with Crippen LogP contribution in [0.2, 0.25) is 0 Å². The van der Waals surface area contributed by atoms with Gasteiger partial charge in [0, 0.05) is 12.2 Å². The molecule has 0 N–H and O–H groups in total. The molecule has 67 valence electrons. The summed E-state index contributed by atoms with van der Waals surface area (Å²) < 4.78 is 2.12. The predicted molar refractivity (Wildman–Crippen MR) is 49.9 cm³/mol. The van der Waals surface area contributed by atoms with Crippen LogP contribution in [0.3, 0.4) is 0 Å². The van der Waals surface area contributed by atoms with Crippen molar-refractivity contribution in [1.82, 2.24) is 9.55 Å². The van der Waals surface area contributed by atoms with Gasteiger partial charge in [-0.2, -0.15) is 0 Å². The minimum Gasteiger partial charge on any atom is -0.334 e. The summed E-state index contributed by atoms with van der Waals surface area (Å²) in [6.07, 6.45) is 11.8. The summed E-state index contributed by atoms with van der Waals surface area (Å²) in [6, 6.07) is 0.579. The first-order valence-electron chi connectivity index (χ1n) is 4.74. The van der Waals surface area contributed by atoms with Crippen LogP contribution < -0.4 is 0 Å². The Labute approximate surface area is 74.6 Å². The molecule has 1 rings (SSSR count). The van der Waals surface area contributed by atoms with Gasteiger partial charge in [0.1, 0.15) is 6.20 Å². The summed E-state index contributed by atoms with van der Waals surface area (Å²) in [5, 5.41) is 0. The van der Waals surface area contributed by atoms with Crippen LogP contribution in [0.25, 0.3) is 0 Å². The lowest BCUT2D eigenvalue weighted by Gasteiger charge is -2.11. The Kier molecular flexibility index (Phi) is 3.85. The van der Waals surface area contributed by atoms with Crippen molar-refractivity contribution >= 4 is 0 Å². The van der Waals surface area contributed by atoms with Crippen LogP contribution in [0.4, 0.5) is 0 Å². The Balaban J connectivity index is 2.25. The molecule has 0 aliphatic rings. The van der Waals surface area contributed by atoms with Gasteiger partial charge in [-0.25, -0.2) is 4.98 Å². The molecule has 0 bridgehead atoms. The zero-order valence-corrected chi connectivity index (χ0v) is 7.95. The van der Waals surface area contributed by atoms with Crippen molar-refractivity contribution in [2.45, 2.75) is 45.6 Å². The summed E-state index contributed by atoms with van der Waals surface area (Å²) in [5.41, 5.74) is 0. The van der Waals surface area contributed by atoms with Crippen LogP contribution in [-0.2, 0) is 0 Å². The lowest BCUT2D eigenvalue weighted by atomic mass is 10.1. The number of rotatable bonds is 5. The second-order valence-electron chi connectivity index (χ2n) is 3.29. The summed E-state index contributed by atoms with van der Waals surface area (Å²) in [6.45, 7) is 4.46. The van der Waals surface area contributed by atoms with E-state index in [1.807, 2.05) is 12.5 Å². The maximum Gasteiger partial charge on any atom is 0.108 e. The van der Waals surface area contributed by atoms with Crippen LogP contribution in [0.15, 0.2) is 12.5 Å². The molecule has 0 saturated heterocycles. The third-order valence-corrected chi connectivity index (χ3v) is 2.21. The van der Waals surface area contributed by atoms with Crippen molar-refractivity contribution < 1.29 is 0 Å². The van der Waals surface area contributed by atoms with Crippen molar-refractivity contribution in [3.05, 3.63) is 18.7 Å². The Morgan fingerprint density at radius 2 is 2.33 bits per heavy atom. The van der Waals surface area contributed by atoms with E-state index in [2.05, 4.69) is 29.6 Å². The first-order valence-corrected chi connectivity index (χ1v) is 4.74. The second-order valence-corrected chi connectivity index (χ2v) is 3.29. The highest BCUT2D eigenvalue weighted by Crippen LogP contribution is 2.13. The minimum absolute atomic E-state index is 0.579. The number of aromatic nitrogens is 2. The largest absolute Gasteiger partial charge is 0.334 e. The average Bonchev–Trinajstić information content (AvgIpc) is 2.56. The summed E-state index contributed by atoms with van der Waals surface area (Å²) >= 11 is 0. The molecule has 0 aliphatic heterocycles. The Morgan fingerprint density at radius 3 is 2.92 bits per heavy atom. The number of hydrogen-bond acceptors (Lipinski definition) is 1. The van der Waals surface area contributed by atoms with Gasteiger partial charge < -0.3 is 4.57 Å². The van der Waals surface area contributed by atoms with E-state index < -0.39 is 0 Å². The van der Waals surface area contributed by atoms with Gasteiger partial charge >= 0.3 is 0 Å².